The molecule has 0 N–H and O–H groups in total. The van der Waals surface area contributed by atoms with Gasteiger partial charge in [-0.25, -0.2) is 4.98 Å². The van der Waals surface area contributed by atoms with Crippen molar-refractivity contribution < 1.29 is 14.2 Å². The first kappa shape index (κ1) is 18.1. The molecule has 0 amide bonds. The Bertz CT molecular complexity index is 803. The van der Waals surface area contributed by atoms with E-state index in [1.165, 1.54) is 18.4 Å². The fraction of sp³-hybridized carbons (Fsp3) is 0.435. The van der Waals surface area contributed by atoms with E-state index in [0.29, 0.717) is 11.8 Å². The van der Waals surface area contributed by atoms with Crippen molar-refractivity contribution >= 4 is 5.57 Å². The van der Waals surface area contributed by atoms with Crippen molar-refractivity contribution in [2.45, 2.75) is 31.6 Å². The van der Waals surface area contributed by atoms with Gasteiger partial charge in [0.05, 0.1) is 19.9 Å². The van der Waals surface area contributed by atoms with Crippen molar-refractivity contribution in [3.8, 4) is 11.6 Å². The maximum atomic E-state index is 5.62. The molecule has 0 atom stereocenters. The lowest BCUT2D eigenvalue weighted by Gasteiger charge is -2.21. The van der Waals surface area contributed by atoms with E-state index in [-0.39, 0.29) is 0 Å². The average Bonchev–Trinajstić information content (AvgIpc) is 3.58. The van der Waals surface area contributed by atoms with E-state index < -0.39 is 0 Å². The van der Waals surface area contributed by atoms with Crippen molar-refractivity contribution in [3.05, 3.63) is 59.3 Å². The summed E-state index contributed by atoms with van der Waals surface area (Å²) in [7, 11) is 3.41. The highest BCUT2D eigenvalue weighted by Crippen LogP contribution is 2.44. The van der Waals surface area contributed by atoms with Gasteiger partial charge < -0.3 is 14.2 Å². The lowest BCUT2D eigenvalue weighted by molar-refractivity contribution is 0.0786. The topological polar surface area (TPSA) is 40.6 Å². The smallest absolute Gasteiger partial charge is 0.217 e. The zero-order chi connectivity index (χ0) is 18.6. The Morgan fingerprint density at radius 1 is 0.963 bits per heavy atom. The first-order valence-electron chi connectivity index (χ1n) is 9.78. The second-order valence-corrected chi connectivity index (χ2v) is 7.33. The van der Waals surface area contributed by atoms with Crippen LogP contribution in [0.2, 0.25) is 0 Å². The third kappa shape index (κ3) is 4.16. The second-order valence-electron chi connectivity index (χ2n) is 7.33. The van der Waals surface area contributed by atoms with Crippen molar-refractivity contribution in [2.75, 3.05) is 27.4 Å². The van der Waals surface area contributed by atoms with Gasteiger partial charge in [0.25, 0.3) is 0 Å². The number of ether oxygens (including phenoxy) is 3. The van der Waals surface area contributed by atoms with Gasteiger partial charge in [-0.15, -0.1) is 0 Å². The molecule has 2 aromatic rings. The highest BCUT2D eigenvalue weighted by atomic mass is 16.5. The molecule has 2 fully saturated rings. The van der Waals surface area contributed by atoms with Crippen LogP contribution in [-0.2, 0) is 4.74 Å². The molecule has 4 heteroatoms. The number of hydrogen-bond acceptors (Lipinski definition) is 4. The molecule has 0 spiro atoms. The predicted octanol–water partition coefficient (Wildman–Crippen LogP) is 4.83. The largest absolute Gasteiger partial charge is 0.497 e. The van der Waals surface area contributed by atoms with E-state index >= 15 is 0 Å². The summed E-state index contributed by atoms with van der Waals surface area (Å²) in [5.41, 5.74) is 4.51. The molecule has 4 nitrogen and oxygen atoms in total. The van der Waals surface area contributed by atoms with Crippen LogP contribution < -0.4 is 9.47 Å². The molecular formula is C23H27NO3. The average molecular weight is 365 g/mol. The third-order valence-electron chi connectivity index (χ3n) is 5.45. The van der Waals surface area contributed by atoms with E-state index in [1.807, 2.05) is 12.1 Å². The van der Waals surface area contributed by atoms with Gasteiger partial charge in [-0.2, -0.15) is 0 Å². The molecule has 142 valence electrons. The second kappa shape index (κ2) is 8.13. The Kier molecular flexibility index (Phi) is 5.44. The van der Waals surface area contributed by atoms with Gasteiger partial charge in [0.15, 0.2) is 0 Å². The van der Waals surface area contributed by atoms with Crippen LogP contribution in [0.25, 0.3) is 5.57 Å². The number of aromatic nitrogens is 1. The van der Waals surface area contributed by atoms with Crippen molar-refractivity contribution in [1.82, 2.24) is 4.98 Å². The number of benzene rings is 1. The highest BCUT2D eigenvalue weighted by molar-refractivity contribution is 5.78. The van der Waals surface area contributed by atoms with Crippen LogP contribution in [0.4, 0.5) is 0 Å². The molecule has 1 aliphatic heterocycles. The lowest BCUT2D eigenvalue weighted by atomic mass is 9.92. The lowest BCUT2D eigenvalue weighted by Crippen LogP contribution is -2.14. The molecule has 0 unspecified atom stereocenters. The van der Waals surface area contributed by atoms with Crippen LogP contribution in [0, 0.1) is 5.92 Å². The quantitative estimate of drug-likeness (QED) is 0.735. The maximum absolute atomic E-state index is 5.62. The number of nitrogens with zero attached hydrogens (tertiary/aromatic N) is 1. The molecular weight excluding hydrogens is 338 g/mol. The maximum Gasteiger partial charge on any atom is 0.217 e. The zero-order valence-corrected chi connectivity index (χ0v) is 16.1. The Hall–Kier alpha value is -2.33. The standard InChI is InChI=1S/C23H27NO3/c1-25-19-7-5-18(6-8-19)21(15-16-11-13-27-14-12-16)22-10-9-20(17-3-4-17)23(24-22)26-2/h5-10,15-17H,3-4,11-14H2,1-2H3/b21-15-. The summed E-state index contributed by atoms with van der Waals surface area (Å²) >= 11 is 0. The monoisotopic (exact) mass is 365 g/mol. The molecule has 1 aliphatic carbocycles. The van der Waals surface area contributed by atoms with Gasteiger partial charge in [-0.05, 0) is 61.3 Å². The van der Waals surface area contributed by atoms with E-state index in [2.05, 4.69) is 30.3 Å². The van der Waals surface area contributed by atoms with Crippen LogP contribution in [0.5, 0.6) is 11.6 Å². The molecule has 0 bridgehead atoms. The van der Waals surface area contributed by atoms with Crippen LogP contribution in [0.3, 0.4) is 0 Å². The SMILES string of the molecule is COc1ccc(/C(=C/C2CCOCC2)c2ccc(C3CC3)c(OC)n2)cc1. The van der Waals surface area contributed by atoms with Gasteiger partial charge >= 0.3 is 0 Å². The summed E-state index contributed by atoms with van der Waals surface area (Å²) < 4.78 is 16.5. The first-order valence-corrected chi connectivity index (χ1v) is 9.78. The number of rotatable bonds is 6. The summed E-state index contributed by atoms with van der Waals surface area (Å²) in [5.74, 6) is 2.75. The number of pyridine rings is 1. The molecule has 0 radical (unpaired) electrons. The summed E-state index contributed by atoms with van der Waals surface area (Å²) in [6.07, 6.45) is 6.94. The van der Waals surface area contributed by atoms with Gasteiger partial charge in [-0.3, -0.25) is 0 Å². The first-order chi connectivity index (χ1) is 13.3. The molecule has 27 heavy (non-hydrogen) atoms. The summed E-state index contributed by atoms with van der Waals surface area (Å²) in [4.78, 5) is 4.88. The minimum absolute atomic E-state index is 0.506. The Morgan fingerprint density at radius 2 is 1.70 bits per heavy atom. The van der Waals surface area contributed by atoms with Crippen LogP contribution in [0.1, 0.15) is 48.4 Å². The predicted molar refractivity (Wildman–Crippen MR) is 106 cm³/mol. The number of hydrogen-bond donors (Lipinski definition) is 0. The summed E-state index contributed by atoms with van der Waals surface area (Å²) in [6, 6.07) is 12.6. The van der Waals surface area contributed by atoms with E-state index in [0.717, 1.165) is 54.5 Å². The molecule has 2 aliphatic rings. The van der Waals surface area contributed by atoms with E-state index in [4.69, 9.17) is 19.2 Å². The van der Waals surface area contributed by atoms with Crippen LogP contribution in [0.15, 0.2) is 42.5 Å². The van der Waals surface area contributed by atoms with Gasteiger partial charge in [0, 0.05) is 24.4 Å². The van der Waals surface area contributed by atoms with Crippen LogP contribution >= 0.6 is 0 Å². The fourth-order valence-electron chi connectivity index (χ4n) is 3.69. The minimum Gasteiger partial charge on any atom is -0.497 e. The Morgan fingerprint density at radius 3 is 2.33 bits per heavy atom. The van der Waals surface area contributed by atoms with Crippen molar-refractivity contribution in [3.63, 3.8) is 0 Å². The van der Waals surface area contributed by atoms with E-state index in [9.17, 15) is 0 Å². The summed E-state index contributed by atoms with van der Waals surface area (Å²) in [6.45, 7) is 1.66. The van der Waals surface area contributed by atoms with E-state index in [1.54, 1.807) is 14.2 Å². The molecule has 2 heterocycles. The fourth-order valence-corrected chi connectivity index (χ4v) is 3.69. The van der Waals surface area contributed by atoms with Crippen LogP contribution in [-0.4, -0.2) is 32.4 Å². The Balaban J connectivity index is 1.73. The third-order valence-corrected chi connectivity index (χ3v) is 5.45. The van der Waals surface area contributed by atoms with Crippen molar-refractivity contribution in [2.24, 2.45) is 5.92 Å². The minimum atomic E-state index is 0.506. The van der Waals surface area contributed by atoms with Gasteiger partial charge in [-0.1, -0.05) is 24.3 Å². The molecule has 1 saturated carbocycles. The van der Waals surface area contributed by atoms with Gasteiger partial charge in [0.2, 0.25) is 5.88 Å². The number of allylic oxidation sites excluding steroid dienone is 1. The molecule has 1 aromatic carbocycles. The Labute approximate surface area is 161 Å². The normalized spacial score (nSPS) is 18.4. The molecule has 1 saturated heterocycles. The van der Waals surface area contributed by atoms with Crippen molar-refractivity contribution in [1.29, 1.82) is 0 Å². The number of methoxy groups -OCH3 is 2. The molecule has 4 rings (SSSR count). The molecule has 1 aromatic heterocycles. The zero-order valence-electron chi connectivity index (χ0n) is 16.1. The summed E-state index contributed by atoms with van der Waals surface area (Å²) in [5, 5.41) is 0. The highest BCUT2D eigenvalue weighted by Gasteiger charge is 2.28. The van der Waals surface area contributed by atoms with Gasteiger partial charge in [0.1, 0.15) is 5.75 Å².